The lowest BCUT2D eigenvalue weighted by Crippen LogP contribution is -2.54. The Balaban J connectivity index is 2.31. The van der Waals surface area contributed by atoms with Crippen LogP contribution in [0.15, 0.2) is 23.1 Å². The number of hydrogen-bond acceptors (Lipinski definition) is 2. The Morgan fingerprint density at radius 2 is 2.00 bits per heavy atom. The second-order valence-electron chi connectivity index (χ2n) is 5.14. The Bertz CT molecular complexity index is 545. The molecule has 1 N–H and O–H groups in total. The average molecular weight is 332 g/mol. The van der Waals surface area contributed by atoms with Gasteiger partial charge in [-0.25, -0.2) is 13.1 Å². The van der Waals surface area contributed by atoms with E-state index in [-0.39, 0.29) is 5.54 Å². The first-order valence-electron chi connectivity index (χ1n) is 6.06. The molecule has 0 atom stereocenters. The van der Waals surface area contributed by atoms with Gasteiger partial charge in [0, 0.05) is 10.9 Å². The van der Waals surface area contributed by atoms with Gasteiger partial charge in [-0.1, -0.05) is 33.6 Å². The molecule has 18 heavy (non-hydrogen) atoms. The summed E-state index contributed by atoms with van der Waals surface area (Å²) in [5.74, 6) is 0. The van der Waals surface area contributed by atoms with E-state index in [4.69, 9.17) is 0 Å². The van der Waals surface area contributed by atoms with E-state index in [0.717, 1.165) is 30.4 Å². The van der Waals surface area contributed by atoms with E-state index >= 15 is 0 Å². The summed E-state index contributed by atoms with van der Waals surface area (Å²) in [6.07, 6.45) is 2.89. The summed E-state index contributed by atoms with van der Waals surface area (Å²) in [7, 11) is -3.42. The van der Waals surface area contributed by atoms with Gasteiger partial charge in [-0.2, -0.15) is 0 Å². The highest BCUT2D eigenvalue weighted by Crippen LogP contribution is 2.35. The Morgan fingerprint density at radius 3 is 2.44 bits per heavy atom. The second-order valence-corrected chi connectivity index (χ2v) is 7.35. The molecule has 0 aliphatic heterocycles. The molecule has 3 nitrogen and oxygen atoms in total. The predicted octanol–water partition coefficient (Wildman–Crippen LogP) is 2.90. The van der Waals surface area contributed by atoms with Gasteiger partial charge < -0.3 is 0 Å². The highest BCUT2D eigenvalue weighted by molar-refractivity contribution is 9.09. The van der Waals surface area contributed by atoms with Crippen LogP contribution in [0, 0.1) is 13.8 Å². The van der Waals surface area contributed by atoms with E-state index in [9.17, 15) is 8.42 Å². The van der Waals surface area contributed by atoms with Crippen LogP contribution >= 0.6 is 15.9 Å². The van der Waals surface area contributed by atoms with Crippen LogP contribution in [0.5, 0.6) is 0 Å². The van der Waals surface area contributed by atoms with Gasteiger partial charge in [-0.3, -0.25) is 0 Å². The van der Waals surface area contributed by atoms with E-state index < -0.39 is 10.0 Å². The minimum Gasteiger partial charge on any atom is -0.207 e. The molecule has 2 rings (SSSR count). The third-order valence-electron chi connectivity index (χ3n) is 3.54. The molecule has 0 heterocycles. The number of halogens is 1. The maximum Gasteiger partial charge on any atom is 0.241 e. The topological polar surface area (TPSA) is 46.2 Å². The molecule has 1 fully saturated rings. The van der Waals surface area contributed by atoms with Gasteiger partial charge >= 0.3 is 0 Å². The van der Waals surface area contributed by atoms with Gasteiger partial charge in [0.25, 0.3) is 0 Å². The molecule has 5 heteroatoms. The SMILES string of the molecule is Cc1ccc(S(=O)(=O)NC2(CBr)CCC2)c(C)c1. The maximum absolute atomic E-state index is 12.4. The molecule has 1 saturated carbocycles. The quantitative estimate of drug-likeness (QED) is 0.862. The van der Waals surface area contributed by atoms with Crippen molar-refractivity contribution in [3.63, 3.8) is 0 Å². The van der Waals surface area contributed by atoms with Crippen molar-refractivity contribution in [3.05, 3.63) is 29.3 Å². The number of hydrogen-bond donors (Lipinski definition) is 1. The lowest BCUT2D eigenvalue weighted by atomic mass is 9.80. The fourth-order valence-corrected chi connectivity index (χ4v) is 4.88. The van der Waals surface area contributed by atoms with E-state index in [1.807, 2.05) is 26.0 Å². The van der Waals surface area contributed by atoms with Crippen LogP contribution in [-0.2, 0) is 10.0 Å². The molecule has 1 aromatic rings. The minimum absolute atomic E-state index is 0.282. The largest absolute Gasteiger partial charge is 0.241 e. The van der Waals surface area contributed by atoms with Crippen molar-refractivity contribution in [1.29, 1.82) is 0 Å². The van der Waals surface area contributed by atoms with Crippen molar-refractivity contribution in [2.75, 3.05) is 5.33 Å². The molecular weight excluding hydrogens is 314 g/mol. The number of aryl methyl sites for hydroxylation is 2. The van der Waals surface area contributed by atoms with Crippen LogP contribution < -0.4 is 4.72 Å². The van der Waals surface area contributed by atoms with Gasteiger partial charge in [0.05, 0.1) is 4.90 Å². The zero-order valence-corrected chi connectivity index (χ0v) is 13.1. The summed E-state index contributed by atoms with van der Waals surface area (Å²) in [5, 5.41) is 0.671. The number of alkyl halides is 1. The number of rotatable bonds is 4. The van der Waals surface area contributed by atoms with Crippen LogP contribution in [0.4, 0.5) is 0 Å². The van der Waals surface area contributed by atoms with Crippen LogP contribution in [0.25, 0.3) is 0 Å². The highest BCUT2D eigenvalue weighted by atomic mass is 79.9. The average Bonchev–Trinajstić information content (AvgIpc) is 2.23. The maximum atomic E-state index is 12.4. The Morgan fingerprint density at radius 1 is 1.33 bits per heavy atom. The first kappa shape index (κ1) is 14.0. The van der Waals surface area contributed by atoms with E-state index in [1.165, 1.54) is 0 Å². The zero-order valence-electron chi connectivity index (χ0n) is 10.7. The third kappa shape index (κ3) is 2.63. The molecule has 0 spiro atoms. The van der Waals surface area contributed by atoms with Crippen molar-refractivity contribution >= 4 is 26.0 Å². The molecule has 1 aromatic carbocycles. The van der Waals surface area contributed by atoms with Crippen LogP contribution in [0.1, 0.15) is 30.4 Å². The van der Waals surface area contributed by atoms with E-state index in [1.54, 1.807) is 6.07 Å². The van der Waals surface area contributed by atoms with Gasteiger partial charge in [0.2, 0.25) is 10.0 Å². The molecule has 0 unspecified atom stereocenters. The van der Waals surface area contributed by atoms with Crippen LogP contribution in [0.2, 0.25) is 0 Å². The van der Waals surface area contributed by atoms with Crippen molar-refractivity contribution in [1.82, 2.24) is 4.72 Å². The predicted molar refractivity (Wildman–Crippen MR) is 76.6 cm³/mol. The van der Waals surface area contributed by atoms with Gasteiger partial charge in [-0.15, -0.1) is 0 Å². The molecular formula is C13H18BrNO2S. The number of benzene rings is 1. The van der Waals surface area contributed by atoms with E-state index in [0.29, 0.717) is 10.2 Å². The molecule has 0 aromatic heterocycles. The fraction of sp³-hybridized carbons (Fsp3) is 0.538. The van der Waals surface area contributed by atoms with E-state index in [2.05, 4.69) is 20.7 Å². The summed E-state index contributed by atoms with van der Waals surface area (Å²) in [6, 6.07) is 5.42. The molecule has 0 amide bonds. The lowest BCUT2D eigenvalue weighted by molar-refractivity contribution is 0.256. The van der Waals surface area contributed by atoms with Crippen molar-refractivity contribution in [2.45, 2.75) is 43.5 Å². The number of nitrogens with one attached hydrogen (secondary N) is 1. The fourth-order valence-electron chi connectivity index (χ4n) is 2.31. The third-order valence-corrected chi connectivity index (χ3v) is 6.35. The first-order chi connectivity index (χ1) is 8.38. The van der Waals surface area contributed by atoms with Gasteiger partial charge in [0.15, 0.2) is 0 Å². The van der Waals surface area contributed by atoms with Crippen molar-refractivity contribution in [3.8, 4) is 0 Å². The summed E-state index contributed by atoms with van der Waals surface area (Å²) in [4.78, 5) is 0.389. The number of sulfonamides is 1. The molecule has 0 radical (unpaired) electrons. The second kappa shape index (κ2) is 4.94. The normalized spacial score (nSPS) is 18.4. The molecule has 0 saturated heterocycles. The summed E-state index contributed by atoms with van der Waals surface area (Å²) in [6.45, 7) is 3.80. The molecule has 1 aliphatic carbocycles. The molecule has 0 bridgehead atoms. The zero-order chi connectivity index (χ0) is 13.4. The van der Waals surface area contributed by atoms with Crippen molar-refractivity contribution in [2.24, 2.45) is 0 Å². The Kier molecular flexibility index (Phi) is 3.85. The Labute approximate surface area is 117 Å². The molecule has 100 valence electrons. The lowest BCUT2D eigenvalue weighted by Gasteiger charge is -2.40. The highest BCUT2D eigenvalue weighted by Gasteiger charge is 2.40. The summed E-state index contributed by atoms with van der Waals surface area (Å²) >= 11 is 3.41. The standard InChI is InChI=1S/C13H18BrNO2S/c1-10-4-5-12(11(2)8-10)18(16,17)15-13(9-14)6-3-7-13/h4-5,8,15H,3,6-7,9H2,1-2H3. The minimum atomic E-state index is -3.42. The van der Waals surface area contributed by atoms with Crippen LogP contribution in [-0.4, -0.2) is 19.3 Å². The van der Waals surface area contributed by atoms with Gasteiger partial charge in [-0.05, 0) is 44.7 Å². The smallest absolute Gasteiger partial charge is 0.207 e. The monoisotopic (exact) mass is 331 g/mol. The molecule has 1 aliphatic rings. The van der Waals surface area contributed by atoms with Gasteiger partial charge in [0.1, 0.15) is 0 Å². The van der Waals surface area contributed by atoms with Crippen molar-refractivity contribution < 1.29 is 8.42 Å². The van der Waals surface area contributed by atoms with Crippen LogP contribution in [0.3, 0.4) is 0 Å². The Hall–Kier alpha value is -0.390. The summed E-state index contributed by atoms with van der Waals surface area (Å²) < 4.78 is 27.7. The summed E-state index contributed by atoms with van der Waals surface area (Å²) in [5.41, 5.74) is 1.59. The first-order valence-corrected chi connectivity index (χ1v) is 8.66.